The largest absolute Gasteiger partial charge is 0.382 e. The van der Waals surface area contributed by atoms with Gasteiger partial charge in [-0.05, 0) is 25.6 Å². The Balaban J connectivity index is 2.40. The maximum absolute atomic E-state index is 5.75. The van der Waals surface area contributed by atoms with Crippen LogP contribution >= 0.6 is 12.2 Å². The molecule has 1 aromatic heterocycles. The molecule has 1 aromatic rings. The molecule has 1 aliphatic heterocycles. The van der Waals surface area contributed by atoms with E-state index >= 15 is 0 Å². The monoisotopic (exact) mass is 233 g/mol. The number of rotatable bonds is 3. The third-order valence-electron chi connectivity index (χ3n) is 2.12. The van der Waals surface area contributed by atoms with Crippen molar-refractivity contribution in [3.63, 3.8) is 0 Å². The summed E-state index contributed by atoms with van der Waals surface area (Å²) in [7, 11) is 0. The van der Waals surface area contributed by atoms with Gasteiger partial charge in [-0.2, -0.15) is 4.99 Å². The molecule has 0 bridgehead atoms. The van der Waals surface area contributed by atoms with Gasteiger partial charge in [-0.25, -0.2) is 15.0 Å². The molecule has 0 saturated carbocycles. The van der Waals surface area contributed by atoms with Gasteiger partial charge in [0, 0.05) is 6.42 Å². The van der Waals surface area contributed by atoms with Crippen LogP contribution in [0.5, 0.6) is 0 Å². The van der Waals surface area contributed by atoms with Gasteiger partial charge in [0.1, 0.15) is 5.82 Å². The van der Waals surface area contributed by atoms with Crippen molar-refractivity contribution in [2.75, 3.05) is 5.73 Å². The number of nitrogens with zero attached hydrogens (tertiary/aromatic N) is 4. The first-order chi connectivity index (χ1) is 7.56. The quantitative estimate of drug-likeness (QED) is 0.593. The number of aromatic nitrogens is 2. The first-order valence-corrected chi connectivity index (χ1v) is 5.25. The number of aryl methyl sites for hydroxylation is 1. The summed E-state index contributed by atoms with van der Waals surface area (Å²) in [4.78, 5) is 16.4. The number of hydrogen-bond acceptors (Lipinski definition) is 4. The average Bonchev–Trinajstić information content (AvgIpc) is 2.56. The zero-order valence-corrected chi connectivity index (χ0v) is 9.71. The van der Waals surface area contributed by atoms with Crippen molar-refractivity contribution in [3.05, 3.63) is 28.8 Å². The molecule has 0 aromatic carbocycles. The van der Waals surface area contributed by atoms with Crippen molar-refractivity contribution in [3.8, 4) is 0 Å². The summed E-state index contributed by atoms with van der Waals surface area (Å²) in [6, 6.07) is 0. The van der Waals surface area contributed by atoms with E-state index < -0.39 is 0 Å². The lowest BCUT2D eigenvalue weighted by Crippen LogP contribution is -2.31. The molecule has 16 heavy (non-hydrogen) atoms. The van der Waals surface area contributed by atoms with Gasteiger partial charge in [-0.15, -0.1) is 6.58 Å². The second-order valence-electron chi connectivity index (χ2n) is 3.66. The fourth-order valence-corrected chi connectivity index (χ4v) is 1.52. The summed E-state index contributed by atoms with van der Waals surface area (Å²) in [6.07, 6.45) is 1.54. The predicted octanol–water partition coefficient (Wildman–Crippen LogP) is 0.105. The first-order valence-electron chi connectivity index (χ1n) is 4.84. The van der Waals surface area contributed by atoms with E-state index in [0.717, 1.165) is 12.0 Å². The van der Waals surface area contributed by atoms with Crippen LogP contribution in [0.3, 0.4) is 0 Å². The molecule has 5 nitrogen and oxygen atoms in total. The van der Waals surface area contributed by atoms with Crippen molar-refractivity contribution in [1.82, 2.24) is 9.97 Å². The topological polar surface area (TPSA) is 76.5 Å². The Hall–Kier alpha value is -1.69. The van der Waals surface area contributed by atoms with Crippen LogP contribution in [0.1, 0.15) is 19.2 Å². The highest BCUT2D eigenvalue weighted by atomic mass is 32.1. The zero-order chi connectivity index (χ0) is 11.7. The minimum absolute atomic E-state index is 0.257. The van der Waals surface area contributed by atoms with Crippen LogP contribution in [-0.4, -0.2) is 15.1 Å². The molecular weight excluding hydrogens is 222 g/mol. The predicted molar refractivity (Wildman–Crippen MR) is 64.5 cm³/mol. The van der Waals surface area contributed by atoms with Crippen LogP contribution in [0.15, 0.2) is 22.1 Å². The second kappa shape index (κ2) is 4.05. The van der Waals surface area contributed by atoms with Gasteiger partial charge in [0.15, 0.2) is 16.7 Å². The van der Waals surface area contributed by atoms with E-state index in [1.165, 1.54) is 0 Å². The summed E-state index contributed by atoms with van der Waals surface area (Å²) in [5.74, 6) is 0.994. The lowest BCUT2D eigenvalue weighted by atomic mass is 10.2. The molecule has 82 valence electrons. The van der Waals surface area contributed by atoms with Crippen molar-refractivity contribution in [2.45, 2.75) is 19.8 Å². The second-order valence-corrected chi connectivity index (χ2v) is 4.03. The van der Waals surface area contributed by atoms with Crippen LogP contribution in [-0.2, 0) is 6.42 Å². The van der Waals surface area contributed by atoms with Crippen LogP contribution in [0.4, 0.5) is 5.82 Å². The molecule has 0 radical (unpaired) electrons. The highest BCUT2D eigenvalue weighted by molar-refractivity contribution is 7.80. The van der Waals surface area contributed by atoms with E-state index in [2.05, 4.69) is 26.5 Å². The number of thiocarbonyl (C=S) groups is 1. The van der Waals surface area contributed by atoms with Crippen LogP contribution in [0.25, 0.3) is 0 Å². The molecule has 0 spiro atoms. The van der Waals surface area contributed by atoms with E-state index in [-0.39, 0.29) is 5.11 Å². The summed E-state index contributed by atoms with van der Waals surface area (Å²) in [6.45, 7) is 5.79. The third kappa shape index (κ3) is 2.11. The smallest absolute Gasteiger partial charge is 0.222 e. The van der Waals surface area contributed by atoms with E-state index in [1.807, 2.05) is 6.92 Å². The number of nitrogen functional groups attached to an aromatic ring is 1. The summed E-state index contributed by atoms with van der Waals surface area (Å²) < 4.78 is 0. The highest BCUT2D eigenvalue weighted by Crippen LogP contribution is 2.02. The van der Waals surface area contributed by atoms with E-state index in [1.54, 1.807) is 0 Å². The van der Waals surface area contributed by atoms with Crippen LogP contribution in [0, 0.1) is 0 Å². The van der Waals surface area contributed by atoms with Gasteiger partial charge in [-0.1, -0.05) is 5.57 Å². The Kier molecular flexibility index (Phi) is 2.74. The summed E-state index contributed by atoms with van der Waals surface area (Å²) >= 11 is 4.86. The Morgan fingerprint density at radius 2 is 2.12 bits per heavy atom. The van der Waals surface area contributed by atoms with Gasteiger partial charge >= 0.3 is 0 Å². The maximum atomic E-state index is 5.75. The molecule has 2 heterocycles. The van der Waals surface area contributed by atoms with Gasteiger partial charge in [0.25, 0.3) is 0 Å². The number of fused-ring (bicyclic) bond motifs is 1. The van der Waals surface area contributed by atoms with Crippen molar-refractivity contribution in [2.24, 2.45) is 9.98 Å². The Morgan fingerprint density at radius 3 is 2.81 bits per heavy atom. The molecule has 0 fully saturated rings. The number of allylic oxidation sites excluding steroid dienone is 1. The van der Waals surface area contributed by atoms with Gasteiger partial charge < -0.3 is 5.73 Å². The highest BCUT2D eigenvalue weighted by Gasteiger charge is 2.09. The Bertz CT molecular complexity index is 590. The van der Waals surface area contributed by atoms with Crippen LogP contribution < -0.4 is 16.6 Å². The van der Waals surface area contributed by atoms with Crippen molar-refractivity contribution < 1.29 is 0 Å². The Labute approximate surface area is 97.9 Å². The molecule has 0 unspecified atom stereocenters. The SMILES string of the molecule is C=C(C)CCc1nc(N)c2c(n1)=NC(=S)N=2. The minimum atomic E-state index is 0.257. The number of nitrogens with two attached hydrogens (primary N) is 1. The fraction of sp³-hybridized carbons (Fsp3) is 0.300. The third-order valence-corrected chi connectivity index (χ3v) is 2.31. The van der Waals surface area contributed by atoms with Crippen molar-refractivity contribution in [1.29, 1.82) is 0 Å². The Morgan fingerprint density at radius 1 is 1.38 bits per heavy atom. The number of anilines is 1. The fourth-order valence-electron chi connectivity index (χ4n) is 1.34. The standard InChI is InChI=1S/C10H11N5S/c1-5(2)3-4-6-12-8(11)7-9(13-6)15-10(16)14-7/h1,3-4H2,2H3,(H2,11,12,13,15,16). The number of hydrogen-bond donors (Lipinski definition) is 1. The van der Waals surface area contributed by atoms with Crippen molar-refractivity contribution >= 4 is 23.1 Å². The van der Waals surface area contributed by atoms with Crippen LogP contribution in [0.2, 0.25) is 0 Å². The van der Waals surface area contributed by atoms with E-state index in [0.29, 0.717) is 28.9 Å². The lowest BCUT2D eigenvalue weighted by molar-refractivity contribution is 0.834. The van der Waals surface area contributed by atoms with E-state index in [9.17, 15) is 0 Å². The average molecular weight is 233 g/mol. The minimum Gasteiger partial charge on any atom is -0.382 e. The molecule has 0 amide bonds. The lowest BCUT2D eigenvalue weighted by Gasteiger charge is -1.99. The van der Waals surface area contributed by atoms with Gasteiger partial charge in [0.2, 0.25) is 5.11 Å². The normalized spacial score (nSPS) is 12.9. The maximum Gasteiger partial charge on any atom is 0.222 e. The molecule has 2 N–H and O–H groups in total. The van der Waals surface area contributed by atoms with E-state index in [4.69, 9.17) is 18.0 Å². The molecule has 6 heteroatoms. The zero-order valence-electron chi connectivity index (χ0n) is 8.90. The summed E-state index contributed by atoms with van der Waals surface area (Å²) in [5, 5.41) is 0.747. The van der Waals surface area contributed by atoms with Gasteiger partial charge in [-0.3, -0.25) is 0 Å². The molecule has 2 rings (SSSR count). The van der Waals surface area contributed by atoms with Gasteiger partial charge in [0.05, 0.1) is 0 Å². The molecule has 0 saturated heterocycles. The first kappa shape index (κ1) is 10.8. The molecule has 1 aliphatic rings. The molecule has 0 aliphatic carbocycles. The summed E-state index contributed by atoms with van der Waals surface area (Å²) in [5.41, 5.74) is 7.32. The molecular formula is C10H11N5S. The molecule has 0 atom stereocenters.